The molecule has 1 unspecified atom stereocenters. The maximum absolute atomic E-state index is 12.8. The van der Waals surface area contributed by atoms with Gasteiger partial charge in [0.2, 0.25) is 0 Å². The fraction of sp³-hybridized carbons (Fsp3) is 0.375. The molecule has 1 aliphatic heterocycles. The van der Waals surface area contributed by atoms with E-state index >= 15 is 0 Å². The lowest BCUT2D eigenvalue weighted by atomic mass is 9.95. The van der Waals surface area contributed by atoms with Gasteiger partial charge in [0.1, 0.15) is 5.69 Å². The summed E-state index contributed by atoms with van der Waals surface area (Å²) in [7, 11) is 0. The van der Waals surface area contributed by atoms with E-state index in [9.17, 15) is 4.79 Å². The summed E-state index contributed by atoms with van der Waals surface area (Å²) in [6.07, 6.45) is 4.98. The number of nitrogens with zero attached hydrogens (tertiary/aromatic N) is 2. The minimum Gasteiger partial charge on any atom is -0.330 e. The molecule has 0 spiro atoms. The normalized spacial score (nSPS) is 21.2. The number of aromatic nitrogens is 1. The monoisotopic (exact) mass is 318 g/mol. The number of carbonyl (C=O) groups excluding carboxylic acids is 1. The summed E-state index contributed by atoms with van der Waals surface area (Å²) >= 11 is 7.81. The second-order valence-corrected chi connectivity index (χ2v) is 7.13. The molecule has 1 saturated carbocycles. The van der Waals surface area contributed by atoms with E-state index in [2.05, 4.69) is 16.4 Å². The number of carbonyl (C=O) groups is 1. The molecule has 3 nitrogen and oxygen atoms in total. The number of rotatable bonds is 2. The minimum absolute atomic E-state index is 0.00579. The van der Waals surface area contributed by atoms with Crippen LogP contribution in [-0.2, 0) is 6.42 Å². The van der Waals surface area contributed by atoms with Crippen molar-refractivity contribution in [2.45, 2.75) is 25.3 Å². The summed E-state index contributed by atoms with van der Waals surface area (Å²) < 4.78 is 0. The Kier molecular flexibility index (Phi) is 3.23. The standard InChI is InChI=1S/C16H15ClN2OS/c17-11-3-6-18-13(9-11)16(20)19-7-4-14-12(5-8-21-14)15(19)10-1-2-10/h3,5-6,8-10,15H,1-2,4,7H2. The average Bonchev–Trinajstić information content (AvgIpc) is 3.22. The van der Waals surface area contributed by atoms with Crippen molar-refractivity contribution >= 4 is 28.8 Å². The van der Waals surface area contributed by atoms with E-state index in [1.807, 2.05) is 16.2 Å². The molecule has 0 radical (unpaired) electrons. The highest BCUT2D eigenvalue weighted by Crippen LogP contribution is 2.48. The van der Waals surface area contributed by atoms with Crippen molar-refractivity contribution in [2.24, 2.45) is 5.92 Å². The topological polar surface area (TPSA) is 33.2 Å². The zero-order chi connectivity index (χ0) is 14.4. The van der Waals surface area contributed by atoms with Crippen molar-refractivity contribution in [2.75, 3.05) is 6.54 Å². The molecule has 1 amide bonds. The Balaban J connectivity index is 1.69. The summed E-state index contributed by atoms with van der Waals surface area (Å²) in [5, 5.41) is 2.70. The highest BCUT2D eigenvalue weighted by atomic mass is 35.5. The molecule has 108 valence electrons. The van der Waals surface area contributed by atoms with Crippen LogP contribution in [0.25, 0.3) is 0 Å². The van der Waals surface area contributed by atoms with Crippen molar-refractivity contribution in [1.82, 2.24) is 9.88 Å². The van der Waals surface area contributed by atoms with Gasteiger partial charge in [0, 0.05) is 22.6 Å². The fourth-order valence-electron chi connectivity index (χ4n) is 3.16. The number of pyridine rings is 1. The first kappa shape index (κ1) is 13.3. The van der Waals surface area contributed by atoms with Gasteiger partial charge in [0.15, 0.2) is 0 Å². The van der Waals surface area contributed by atoms with E-state index in [0.29, 0.717) is 16.6 Å². The summed E-state index contributed by atoms with van der Waals surface area (Å²) in [4.78, 5) is 20.5. The minimum atomic E-state index is 0.00579. The maximum atomic E-state index is 12.8. The Morgan fingerprint density at radius 2 is 2.24 bits per heavy atom. The van der Waals surface area contributed by atoms with Crippen LogP contribution in [0, 0.1) is 5.92 Å². The molecule has 4 rings (SSSR count). The second kappa shape index (κ2) is 5.11. The molecule has 2 aromatic heterocycles. The third-order valence-electron chi connectivity index (χ3n) is 4.28. The smallest absolute Gasteiger partial charge is 0.273 e. The largest absolute Gasteiger partial charge is 0.330 e. The summed E-state index contributed by atoms with van der Waals surface area (Å²) in [6, 6.07) is 5.78. The highest BCUT2D eigenvalue weighted by molar-refractivity contribution is 7.10. The zero-order valence-corrected chi connectivity index (χ0v) is 13.0. The van der Waals surface area contributed by atoms with Crippen LogP contribution < -0.4 is 0 Å². The van der Waals surface area contributed by atoms with E-state index in [4.69, 9.17) is 11.6 Å². The van der Waals surface area contributed by atoms with Crippen LogP contribution >= 0.6 is 22.9 Å². The molecule has 0 aromatic carbocycles. The lowest BCUT2D eigenvalue weighted by Crippen LogP contribution is -2.40. The van der Waals surface area contributed by atoms with Gasteiger partial charge in [0.25, 0.3) is 5.91 Å². The Hall–Kier alpha value is -1.39. The molecule has 1 atom stereocenters. The van der Waals surface area contributed by atoms with Crippen molar-refractivity contribution < 1.29 is 4.79 Å². The summed E-state index contributed by atoms with van der Waals surface area (Å²) in [5.74, 6) is 0.619. The van der Waals surface area contributed by atoms with E-state index in [-0.39, 0.29) is 11.9 Å². The van der Waals surface area contributed by atoms with Gasteiger partial charge in [-0.25, -0.2) is 0 Å². The van der Waals surface area contributed by atoms with Crippen molar-refractivity contribution in [3.8, 4) is 0 Å². The third kappa shape index (κ3) is 2.36. The van der Waals surface area contributed by atoms with Gasteiger partial charge in [-0.3, -0.25) is 9.78 Å². The van der Waals surface area contributed by atoms with Crippen LogP contribution in [0.2, 0.25) is 5.02 Å². The number of hydrogen-bond acceptors (Lipinski definition) is 3. The van der Waals surface area contributed by atoms with Crippen LogP contribution in [0.15, 0.2) is 29.8 Å². The molecule has 21 heavy (non-hydrogen) atoms. The molecular weight excluding hydrogens is 304 g/mol. The Labute approximate surface area is 132 Å². The zero-order valence-electron chi connectivity index (χ0n) is 11.5. The van der Waals surface area contributed by atoms with Gasteiger partial charge in [-0.15, -0.1) is 11.3 Å². The quantitative estimate of drug-likeness (QED) is 0.840. The predicted molar refractivity (Wildman–Crippen MR) is 83.8 cm³/mol. The van der Waals surface area contributed by atoms with Crippen molar-refractivity contribution in [3.05, 3.63) is 50.9 Å². The van der Waals surface area contributed by atoms with E-state index in [1.165, 1.54) is 23.3 Å². The molecule has 1 aliphatic carbocycles. The van der Waals surface area contributed by atoms with Gasteiger partial charge in [-0.1, -0.05) is 11.6 Å². The number of fused-ring (bicyclic) bond motifs is 1. The average molecular weight is 319 g/mol. The fourth-order valence-corrected chi connectivity index (χ4v) is 4.24. The van der Waals surface area contributed by atoms with Gasteiger partial charge in [-0.2, -0.15) is 0 Å². The van der Waals surface area contributed by atoms with E-state index in [1.54, 1.807) is 18.3 Å². The molecule has 5 heteroatoms. The van der Waals surface area contributed by atoms with Crippen molar-refractivity contribution in [1.29, 1.82) is 0 Å². The molecule has 2 aliphatic rings. The van der Waals surface area contributed by atoms with Crippen LogP contribution in [-0.4, -0.2) is 22.3 Å². The Morgan fingerprint density at radius 1 is 1.38 bits per heavy atom. The van der Waals surface area contributed by atoms with Gasteiger partial charge < -0.3 is 4.90 Å². The van der Waals surface area contributed by atoms with Crippen molar-refractivity contribution in [3.63, 3.8) is 0 Å². The number of thiophene rings is 1. The predicted octanol–water partition coefficient (Wildman–Crippen LogP) is 3.95. The van der Waals surface area contributed by atoms with Crippen LogP contribution in [0.3, 0.4) is 0 Å². The van der Waals surface area contributed by atoms with Crippen LogP contribution in [0.1, 0.15) is 39.8 Å². The molecule has 0 bridgehead atoms. The molecular formula is C16H15ClN2OS. The Bertz CT molecular complexity index is 695. The van der Waals surface area contributed by atoms with Gasteiger partial charge >= 0.3 is 0 Å². The molecule has 0 saturated heterocycles. The number of halogens is 1. The number of hydrogen-bond donors (Lipinski definition) is 0. The lowest BCUT2D eigenvalue weighted by molar-refractivity contribution is 0.0631. The van der Waals surface area contributed by atoms with Crippen LogP contribution in [0.5, 0.6) is 0 Å². The summed E-state index contributed by atoms with van der Waals surface area (Å²) in [5.41, 5.74) is 1.80. The second-order valence-electron chi connectivity index (χ2n) is 5.69. The first-order valence-electron chi connectivity index (χ1n) is 7.23. The SMILES string of the molecule is O=C(c1cc(Cl)ccn1)N1CCc2sccc2C1C1CC1. The third-order valence-corrected chi connectivity index (χ3v) is 5.52. The number of amides is 1. The molecule has 1 fully saturated rings. The Morgan fingerprint density at radius 3 is 3.00 bits per heavy atom. The molecule has 0 N–H and O–H groups in total. The van der Waals surface area contributed by atoms with E-state index < -0.39 is 0 Å². The first-order chi connectivity index (χ1) is 10.2. The summed E-state index contributed by atoms with van der Waals surface area (Å²) in [6.45, 7) is 0.779. The lowest BCUT2D eigenvalue weighted by Gasteiger charge is -2.36. The molecule has 3 heterocycles. The first-order valence-corrected chi connectivity index (χ1v) is 8.48. The van der Waals surface area contributed by atoms with Gasteiger partial charge in [-0.05, 0) is 54.3 Å². The van der Waals surface area contributed by atoms with E-state index in [0.717, 1.165) is 13.0 Å². The van der Waals surface area contributed by atoms with Gasteiger partial charge in [0.05, 0.1) is 6.04 Å². The van der Waals surface area contributed by atoms with Crippen LogP contribution in [0.4, 0.5) is 0 Å². The highest BCUT2D eigenvalue weighted by Gasteiger charge is 2.42. The molecule has 2 aromatic rings. The maximum Gasteiger partial charge on any atom is 0.273 e.